The third-order valence-corrected chi connectivity index (χ3v) is 8.47. The second-order valence-corrected chi connectivity index (χ2v) is 11.9. The molecule has 2 aliphatic heterocycles. The lowest BCUT2D eigenvalue weighted by Crippen LogP contribution is -2.58. The summed E-state index contributed by atoms with van der Waals surface area (Å²) in [4.78, 5) is 14.7. The van der Waals surface area contributed by atoms with Crippen LogP contribution < -0.4 is 9.64 Å². The monoisotopic (exact) mass is 586 g/mol. The lowest BCUT2D eigenvalue weighted by molar-refractivity contribution is -0.274. The van der Waals surface area contributed by atoms with Gasteiger partial charge in [0.15, 0.2) is 11.5 Å². The second kappa shape index (κ2) is 11.0. The van der Waals surface area contributed by atoms with Crippen LogP contribution in [0.4, 0.5) is 19.0 Å². The fourth-order valence-corrected chi connectivity index (χ4v) is 6.62. The molecule has 4 aromatic rings. The third kappa shape index (κ3) is 5.39. The van der Waals surface area contributed by atoms with E-state index in [-0.39, 0.29) is 35.9 Å². The molecule has 6 rings (SSSR count). The molecule has 13 heteroatoms. The smallest absolute Gasteiger partial charge is 0.406 e. The van der Waals surface area contributed by atoms with Crippen LogP contribution in [0.15, 0.2) is 30.6 Å². The van der Waals surface area contributed by atoms with Gasteiger partial charge in [0.2, 0.25) is 0 Å². The number of ether oxygens (including phenoxy) is 2. The first-order valence-corrected chi connectivity index (χ1v) is 14.6. The molecule has 4 atom stereocenters. The Morgan fingerprint density at radius 2 is 1.83 bits per heavy atom. The van der Waals surface area contributed by atoms with Gasteiger partial charge in [0, 0.05) is 37.8 Å². The molecule has 226 valence electrons. The van der Waals surface area contributed by atoms with Gasteiger partial charge in [-0.2, -0.15) is 4.98 Å². The van der Waals surface area contributed by atoms with E-state index in [2.05, 4.69) is 57.0 Å². The van der Waals surface area contributed by atoms with Crippen LogP contribution in [0.2, 0.25) is 0 Å². The number of aryl methyl sites for hydroxylation is 1. The molecule has 2 aliphatic rings. The van der Waals surface area contributed by atoms with Crippen LogP contribution in [-0.2, 0) is 11.3 Å². The van der Waals surface area contributed by atoms with E-state index in [1.807, 2.05) is 11.3 Å². The van der Waals surface area contributed by atoms with Crippen molar-refractivity contribution in [2.45, 2.75) is 84.6 Å². The summed E-state index contributed by atoms with van der Waals surface area (Å²) in [6.45, 7) is 13.6. The van der Waals surface area contributed by atoms with Crippen molar-refractivity contribution < 1.29 is 22.6 Å². The minimum atomic E-state index is -4.72. The van der Waals surface area contributed by atoms with Gasteiger partial charge in [-0.05, 0) is 57.2 Å². The standard InChI is InChI=1S/C29H37F3N8O2/c1-17(2)25(21-8-10-22(11-9-21)42-29(30,31)32)37-13-19(4)38(14-18(37)3)26-24-27(40-16-33-36-28(40)35-26)39(20(5)34-24)15-23-7-6-12-41-23/h8-11,16-19,23,25H,6-7,12-15H2,1-5H3/t18-,19+,23?,25-/m1/s1. The number of aromatic nitrogens is 6. The number of piperazine rings is 1. The number of alkyl halides is 3. The quantitative estimate of drug-likeness (QED) is 0.294. The summed E-state index contributed by atoms with van der Waals surface area (Å²) in [5.74, 6) is 2.21. The average Bonchev–Trinajstić information content (AvgIpc) is 3.67. The van der Waals surface area contributed by atoms with Crippen molar-refractivity contribution in [3.63, 3.8) is 0 Å². The molecule has 0 bridgehead atoms. The first-order valence-electron chi connectivity index (χ1n) is 14.6. The van der Waals surface area contributed by atoms with Crippen LogP contribution in [0.5, 0.6) is 5.75 Å². The molecule has 3 aromatic heterocycles. The molecule has 2 fully saturated rings. The van der Waals surface area contributed by atoms with Gasteiger partial charge >= 0.3 is 6.36 Å². The van der Waals surface area contributed by atoms with Gasteiger partial charge in [0.05, 0.1) is 12.6 Å². The second-order valence-electron chi connectivity index (χ2n) is 11.9. The number of halogens is 3. The number of hydrogen-bond donors (Lipinski definition) is 0. The number of hydrogen-bond acceptors (Lipinski definition) is 8. The maximum Gasteiger partial charge on any atom is 0.573 e. The Balaban J connectivity index is 1.31. The Morgan fingerprint density at radius 3 is 2.50 bits per heavy atom. The number of fused-ring (bicyclic) bond motifs is 3. The predicted octanol–water partition coefficient (Wildman–Crippen LogP) is 5.16. The van der Waals surface area contributed by atoms with Crippen LogP contribution in [0, 0.1) is 12.8 Å². The Bertz CT molecular complexity index is 1540. The first kappa shape index (κ1) is 28.7. The first-order chi connectivity index (χ1) is 20.0. The summed E-state index contributed by atoms with van der Waals surface area (Å²) < 4.78 is 52.3. The Labute approximate surface area is 242 Å². The molecule has 0 amide bonds. The van der Waals surface area contributed by atoms with Gasteiger partial charge in [-0.1, -0.05) is 26.0 Å². The highest BCUT2D eigenvalue weighted by molar-refractivity contribution is 5.87. The van der Waals surface area contributed by atoms with Crippen LogP contribution in [0.1, 0.15) is 58.0 Å². The average molecular weight is 587 g/mol. The van der Waals surface area contributed by atoms with Crippen molar-refractivity contribution in [3.8, 4) is 5.75 Å². The molecule has 0 spiro atoms. The van der Waals surface area contributed by atoms with E-state index in [1.165, 1.54) is 12.1 Å². The molecular formula is C29H37F3N8O2. The Kier molecular flexibility index (Phi) is 7.50. The lowest BCUT2D eigenvalue weighted by Gasteiger charge is -2.49. The van der Waals surface area contributed by atoms with E-state index >= 15 is 0 Å². The van der Waals surface area contributed by atoms with E-state index in [0.717, 1.165) is 54.4 Å². The minimum absolute atomic E-state index is 0.0179. The zero-order chi connectivity index (χ0) is 29.8. The number of nitrogens with zero attached hydrogens (tertiary/aromatic N) is 8. The van der Waals surface area contributed by atoms with Crippen LogP contribution in [0.3, 0.4) is 0 Å². The van der Waals surface area contributed by atoms with Crippen LogP contribution in [0.25, 0.3) is 16.9 Å². The highest BCUT2D eigenvalue weighted by Crippen LogP contribution is 2.37. The summed E-state index contributed by atoms with van der Waals surface area (Å²) in [5, 5.41) is 8.45. The van der Waals surface area contributed by atoms with Crippen molar-refractivity contribution in [2.75, 3.05) is 24.6 Å². The third-order valence-electron chi connectivity index (χ3n) is 8.47. The summed E-state index contributed by atoms with van der Waals surface area (Å²) in [6, 6.07) is 6.50. The van der Waals surface area contributed by atoms with Crippen molar-refractivity contribution >= 4 is 22.8 Å². The maximum atomic E-state index is 12.7. The number of anilines is 1. The number of benzene rings is 1. The van der Waals surface area contributed by atoms with Gasteiger partial charge in [-0.3, -0.25) is 4.90 Å². The van der Waals surface area contributed by atoms with E-state index in [4.69, 9.17) is 14.7 Å². The van der Waals surface area contributed by atoms with Gasteiger partial charge < -0.3 is 18.9 Å². The largest absolute Gasteiger partial charge is 0.573 e. The zero-order valence-electron chi connectivity index (χ0n) is 24.5. The molecule has 1 unspecified atom stereocenters. The molecular weight excluding hydrogens is 549 g/mol. The lowest BCUT2D eigenvalue weighted by atomic mass is 9.91. The van der Waals surface area contributed by atoms with Gasteiger partial charge in [-0.15, -0.1) is 23.4 Å². The van der Waals surface area contributed by atoms with E-state index in [9.17, 15) is 13.2 Å². The zero-order valence-corrected chi connectivity index (χ0v) is 24.5. The summed E-state index contributed by atoms with van der Waals surface area (Å²) >= 11 is 0. The van der Waals surface area contributed by atoms with E-state index < -0.39 is 6.36 Å². The Hall–Kier alpha value is -3.45. The number of imidazole rings is 1. The molecule has 0 aliphatic carbocycles. The van der Waals surface area contributed by atoms with Gasteiger partial charge in [0.1, 0.15) is 23.4 Å². The van der Waals surface area contributed by atoms with Gasteiger partial charge in [0.25, 0.3) is 5.78 Å². The maximum absolute atomic E-state index is 12.7. The molecule has 5 heterocycles. The fourth-order valence-electron chi connectivity index (χ4n) is 6.62. The Morgan fingerprint density at radius 1 is 1.07 bits per heavy atom. The summed E-state index contributed by atoms with van der Waals surface area (Å²) in [5.41, 5.74) is 2.68. The van der Waals surface area contributed by atoms with Crippen LogP contribution in [-0.4, -0.2) is 78.3 Å². The molecule has 42 heavy (non-hydrogen) atoms. The molecule has 0 saturated carbocycles. The molecule has 0 N–H and O–H groups in total. The summed E-state index contributed by atoms with van der Waals surface area (Å²) in [7, 11) is 0. The van der Waals surface area contributed by atoms with E-state index in [0.29, 0.717) is 18.9 Å². The molecule has 10 nitrogen and oxygen atoms in total. The predicted molar refractivity (Wildman–Crippen MR) is 151 cm³/mol. The highest BCUT2D eigenvalue weighted by atomic mass is 19.4. The molecule has 1 aromatic carbocycles. The van der Waals surface area contributed by atoms with Crippen LogP contribution >= 0.6 is 0 Å². The van der Waals surface area contributed by atoms with E-state index in [1.54, 1.807) is 18.5 Å². The van der Waals surface area contributed by atoms with Crippen molar-refractivity contribution in [2.24, 2.45) is 5.92 Å². The minimum Gasteiger partial charge on any atom is -0.406 e. The van der Waals surface area contributed by atoms with Crippen molar-refractivity contribution in [3.05, 3.63) is 42.0 Å². The van der Waals surface area contributed by atoms with Crippen molar-refractivity contribution in [1.29, 1.82) is 0 Å². The summed E-state index contributed by atoms with van der Waals surface area (Å²) in [6.07, 6.45) is -0.799. The normalized spacial score (nSPS) is 23.0. The number of rotatable bonds is 7. The fraction of sp³-hybridized carbons (Fsp3) is 0.586. The molecule has 0 radical (unpaired) electrons. The molecule has 2 saturated heterocycles. The topological polar surface area (TPSA) is 85.8 Å². The SMILES string of the molecule is Cc1nc2c(N3C[C@@H](C)N([C@@H](c4ccc(OC(F)(F)F)cc4)C(C)C)C[C@@H]3C)nc3nncn3c2n1CC1CCCO1. The highest BCUT2D eigenvalue weighted by Gasteiger charge is 2.38. The van der Waals surface area contributed by atoms with Gasteiger partial charge in [-0.25, -0.2) is 9.38 Å². The van der Waals surface area contributed by atoms with Crippen molar-refractivity contribution in [1.82, 2.24) is 34.0 Å².